The molecular formula is C25H32ClNO7. The lowest BCUT2D eigenvalue weighted by molar-refractivity contribution is -0.911. The molecule has 2 aliphatic heterocycles. The normalized spacial score (nSPS) is 21.1. The largest absolute Gasteiger partial charge is 1.00 e. The van der Waals surface area contributed by atoms with E-state index in [9.17, 15) is 4.79 Å². The number of carbonyl (C=O) groups is 1. The van der Waals surface area contributed by atoms with Crippen LogP contribution in [-0.2, 0) is 4.74 Å². The molecule has 0 amide bonds. The summed E-state index contributed by atoms with van der Waals surface area (Å²) in [5.74, 6) is 2.81. The van der Waals surface area contributed by atoms with Gasteiger partial charge in [-0.15, -0.1) is 0 Å². The summed E-state index contributed by atoms with van der Waals surface area (Å²) >= 11 is 0. The van der Waals surface area contributed by atoms with Gasteiger partial charge in [0.15, 0.2) is 29.1 Å². The molecule has 2 aliphatic rings. The van der Waals surface area contributed by atoms with Crippen molar-refractivity contribution in [1.29, 1.82) is 0 Å². The number of likely N-dealkylation sites (tertiary alicyclic amines) is 1. The molecule has 1 saturated heterocycles. The van der Waals surface area contributed by atoms with Gasteiger partial charge in [0.05, 0.1) is 46.6 Å². The van der Waals surface area contributed by atoms with Crippen LogP contribution in [0.25, 0.3) is 0 Å². The molecule has 3 atom stereocenters. The summed E-state index contributed by atoms with van der Waals surface area (Å²) in [7, 11) is 4.57. The number of nitrogens with one attached hydrogen (secondary N) is 1. The van der Waals surface area contributed by atoms with Crippen molar-refractivity contribution in [3.63, 3.8) is 0 Å². The first-order valence-electron chi connectivity index (χ1n) is 11.3. The Bertz CT molecular complexity index is 945. The van der Waals surface area contributed by atoms with E-state index in [1.165, 1.54) is 26.2 Å². The number of hydrogen-bond acceptors (Lipinski definition) is 7. The summed E-state index contributed by atoms with van der Waals surface area (Å²) in [4.78, 5) is 14.2. The second-order valence-corrected chi connectivity index (χ2v) is 8.43. The van der Waals surface area contributed by atoms with E-state index in [1.54, 1.807) is 12.1 Å². The molecule has 9 heteroatoms. The minimum absolute atomic E-state index is 0. The Morgan fingerprint density at radius 1 is 1.06 bits per heavy atom. The second-order valence-electron chi connectivity index (χ2n) is 8.43. The highest BCUT2D eigenvalue weighted by molar-refractivity contribution is 5.91. The first-order valence-corrected chi connectivity index (χ1v) is 11.3. The van der Waals surface area contributed by atoms with Crippen LogP contribution in [0.4, 0.5) is 0 Å². The standard InChI is InChI=1S/C25H31NO7.ClH/c1-28-22-11-18(12-23(29-2)24(22)30-3)25(27)32-15-17-7-6-10-26(13-17)14-19-16-31-20-8-4-5-9-21(20)33-19;/h4-5,8-9,11-12,17,19H,6-7,10,13-16H2,1-3H3;1H. The summed E-state index contributed by atoms with van der Waals surface area (Å²) in [6.45, 7) is 3.82. The molecule has 1 fully saturated rings. The van der Waals surface area contributed by atoms with Crippen LogP contribution in [0.5, 0.6) is 28.7 Å². The van der Waals surface area contributed by atoms with Gasteiger partial charge in [-0.3, -0.25) is 0 Å². The van der Waals surface area contributed by atoms with Crippen molar-refractivity contribution >= 4 is 5.97 Å². The lowest BCUT2D eigenvalue weighted by atomic mass is 9.98. The van der Waals surface area contributed by atoms with Gasteiger partial charge in [0.2, 0.25) is 5.75 Å². The molecule has 0 bridgehead atoms. The molecule has 0 aliphatic carbocycles. The Kier molecular flexibility index (Phi) is 9.12. The van der Waals surface area contributed by atoms with E-state index in [2.05, 4.69) is 0 Å². The summed E-state index contributed by atoms with van der Waals surface area (Å²) in [6, 6.07) is 11.0. The van der Waals surface area contributed by atoms with Crippen LogP contribution in [0.15, 0.2) is 36.4 Å². The molecule has 0 radical (unpaired) electrons. The van der Waals surface area contributed by atoms with Crippen LogP contribution in [-0.4, -0.2) is 66.3 Å². The van der Waals surface area contributed by atoms with Crippen molar-refractivity contribution in [1.82, 2.24) is 0 Å². The molecule has 2 aromatic carbocycles. The number of halogens is 1. The van der Waals surface area contributed by atoms with Crippen LogP contribution in [0.1, 0.15) is 23.2 Å². The lowest BCUT2D eigenvalue weighted by Crippen LogP contribution is -3.15. The molecule has 3 unspecified atom stereocenters. The molecule has 2 heterocycles. The highest BCUT2D eigenvalue weighted by Gasteiger charge is 2.30. The number of quaternary nitrogens is 1. The predicted octanol–water partition coefficient (Wildman–Crippen LogP) is -0.992. The monoisotopic (exact) mass is 493 g/mol. The SMILES string of the molecule is COc1cc(C(=O)OCC2CCC[NH+](CC3COc4ccccc4O3)C2)cc(OC)c1OC.[Cl-]. The molecule has 0 saturated carbocycles. The van der Waals surface area contributed by atoms with E-state index in [1.807, 2.05) is 24.3 Å². The van der Waals surface area contributed by atoms with Crippen molar-refractivity contribution in [2.45, 2.75) is 18.9 Å². The first-order chi connectivity index (χ1) is 16.1. The van der Waals surface area contributed by atoms with Crippen LogP contribution in [0.2, 0.25) is 0 Å². The summed E-state index contributed by atoms with van der Waals surface area (Å²) in [6.07, 6.45) is 2.15. The van der Waals surface area contributed by atoms with Gasteiger partial charge >= 0.3 is 5.97 Å². The van der Waals surface area contributed by atoms with E-state index in [0.717, 1.165) is 44.0 Å². The first kappa shape index (κ1) is 25.8. The maximum atomic E-state index is 12.7. The fraction of sp³-hybridized carbons (Fsp3) is 0.480. The van der Waals surface area contributed by atoms with Crippen LogP contribution < -0.4 is 41.0 Å². The Hall–Kier alpha value is -2.84. The van der Waals surface area contributed by atoms with E-state index < -0.39 is 5.97 Å². The van der Waals surface area contributed by atoms with Gasteiger partial charge in [0.25, 0.3) is 0 Å². The number of fused-ring (bicyclic) bond motifs is 1. The molecule has 4 rings (SSSR count). The van der Waals surface area contributed by atoms with Crippen molar-refractivity contribution in [2.75, 3.05) is 54.2 Å². The van der Waals surface area contributed by atoms with Crippen LogP contribution in [0.3, 0.4) is 0 Å². The Balaban J connectivity index is 0.00000324. The molecule has 0 spiro atoms. The molecule has 2 aromatic rings. The van der Waals surface area contributed by atoms with Gasteiger partial charge in [0, 0.05) is 5.92 Å². The minimum atomic E-state index is -0.401. The Morgan fingerprint density at radius 3 is 2.44 bits per heavy atom. The predicted molar refractivity (Wildman–Crippen MR) is 121 cm³/mol. The fourth-order valence-corrected chi connectivity index (χ4v) is 4.54. The number of carbonyl (C=O) groups excluding carboxylic acids is 1. The van der Waals surface area contributed by atoms with Crippen molar-refractivity contribution < 1.29 is 50.5 Å². The second kappa shape index (κ2) is 12.0. The van der Waals surface area contributed by atoms with Gasteiger partial charge in [-0.05, 0) is 37.1 Å². The topological polar surface area (TPSA) is 76.9 Å². The quantitative estimate of drug-likeness (QED) is 0.473. The average Bonchev–Trinajstić information content (AvgIpc) is 2.86. The van der Waals surface area contributed by atoms with E-state index in [-0.39, 0.29) is 18.5 Å². The zero-order chi connectivity index (χ0) is 23.2. The van der Waals surface area contributed by atoms with Crippen molar-refractivity contribution in [3.05, 3.63) is 42.0 Å². The summed E-state index contributed by atoms with van der Waals surface area (Å²) in [5.41, 5.74) is 0.371. The average molecular weight is 494 g/mol. The van der Waals surface area contributed by atoms with Crippen molar-refractivity contribution in [3.8, 4) is 28.7 Å². The molecule has 1 N–H and O–H groups in total. The molecule has 8 nitrogen and oxygen atoms in total. The number of benzene rings is 2. The minimum Gasteiger partial charge on any atom is -1.00 e. The third-order valence-electron chi connectivity index (χ3n) is 6.15. The fourth-order valence-electron chi connectivity index (χ4n) is 4.54. The molecule has 0 aromatic heterocycles. The molecule has 186 valence electrons. The van der Waals surface area contributed by atoms with Crippen LogP contribution >= 0.6 is 0 Å². The van der Waals surface area contributed by atoms with E-state index >= 15 is 0 Å². The smallest absolute Gasteiger partial charge is 0.338 e. The van der Waals surface area contributed by atoms with Crippen molar-refractivity contribution in [2.24, 2.45) is 5.92 Å². The van der Waals surface area contributed by atoms with Gasteiger partial charge < -0.3 is 45.7 Å². The highest BCUT2D eigenvalue weighted by Crippen LogP contribution is 2.38. The van der Waals surface area contributed by atoms with E-state index in [0.29, 0.717) is 41.9 Å². The maximum absolute atomic E-state index is 12.7. The number of esters is 1. The zero-order valence-electron chi connectivity index (χ0n) is 19.8. The Labute approximate surface area is 206 Å². The zero-order valence-corrected chi connectivity index (χ0v) is 20.6. The highest BCUT2D eigenvalue weighted by atomic mass is 35.5. The Morgan fingerprint density at radius 2 is 1.76 bits per heavy atom. The number of rotatable bonds is 8. The number of methoxy groups -OCH3 is 3. The van der Waals surface area contributed by atoms with Gasteiger partial charge in [-0.2, -0.15) is 0 Å². The number of para-hydroxylation sites is 2. The maximum Gasteiger partial charge on any atom is 0.338 e. The van der Waals surface area contributed by atoms with E-state index in [4.69, 9.17) is 28.4 Å². The summed E-state index contributed by atoms with van der Waals surface area (Å²) < 4.78 is 33.6. The number of piperidine rings is 1. The third-order valence-corrected chi connectivity index (χ3v) is 6.15. The van der Waals surface area contributed by atoms with Gasteiger partial charge in [0.1, 0.15) is 13.2 Å². The third kappa shape index (κ3) is 5.98. The number of hydrogen-bond donors (Lipinski definition) is 1. The number of ether oxygens (including phenoxy) is 6. The van der Waals surface area contributed by atoms with Gasteiger partial charge in [-0.1, -0.05) is 12.1 Å². The molecular weight excluding hydrogens is 462 g/mol. The lowest BCUT2D eigenvalue weighted by Gasteiger charge is -2.33. The van der Waals surface area contributed by atoms with Gasteiger partial charge in [-0.25, -0.2) is 4.79 Å². The summed E-state index contributed by atoms with van der Waals surface area (Å²) in [5, 5.41) is 0. The van der Waals surface area contributed by atoms with Crippen LogP contribution in [0, 0.1) is 5.92 Å². The molecule has 34 heavy (non-hydrogen) atoms.